The molecule has 1 fully saturated rings. The number of fused-ring (bicyclic) bond motifs is 3. The molecule has 0 aromatic heterocycles. The van der Waals surface area contributed by atoms with Crippen LogP contribution >= 0.6 is 0 Å². The van der Waals surface area contributed by atoms with Gasteiger partial charge in [0.1, 0.15) is 18.7 Å². The molecule has 1 saturated heterocycles. The first kappa shape index (κ1) is 26.9. The molecule has 3 aromatic rings. The van der Waals surface area contributed by atoms with E-state index in [1.54, 1.807) is 0 Å². The summed E-state index contributed by atoms with van der Waals surface area (Å²) in [6.45, 7) is 0.0704. The summed E-state index contributed by atoms with van der Waals surface area (Å²) >= 11 is 0. The molecular formula is C31H31N3O6. The van der Waals surface area contributed by atoms with E-state index in [2.05, 4.69) is 22.8 Å². The van der Waals surface area contributed by atoms with Crippen LogP contribution < -0.4 is 10.6 Å². The third kappa shape index (κ3) is 5.83. The van der Waals surface area contributed by atoms with Crippen LogP contribution in [0.1, 0.15) is 35.4 Å². The second-order valence-corrected chi connectivity index (χ2v) is 10.0. The fourth-order valence-electron chi connectivity index (χ4n) is 5.55. The minimum absolute atomic E-state index is 0.101. The van der Waals surface area contributed by atoms with Gasteiger partial charge in [0.2, 0.25) is 11.8 Å². The van der Waals surface area contributed by atoms with Gasteiger partial charge in [-0.2, -0.15) is 0 Å². The first-order valence-corrected chi connectivity index (χ1v) is 13.4. The van der Waals surface area contributed by atoms with Crippen LogP contribution in [0.4, 0.5) is 4.79 Å². The number of nitrogens with one attached hydrogen (secondary N) is 2. The second-order valence-electron chi connectivity index (χ2n) is 10.0. The van der Waals surface area contributed by atoms with Gasteiger partial charge in [0.05, 0.1) is 6.54 Å². The molecule has 3 N–H and O–H groups in total. The summed E-state index contributed by atoms with van der Waals surface area (Å²) in [6.07, 6.45) is 0.424. The smallest absolute Gasteiger partial charge is 0.407 e. The van der Waals surface area contributed by atoms with Crippen molar-refractivity contribution < 1.29 is 29.0 Å². The maximum Gasteiger partial charge on any atom is 0.407 e. The average Bonchev–Trinajstić information content (AvgIpc) is 3.59. The minimum atomic E-state index is -1.06. The molecule has 2 atom stereocenters. The molecule has 0 radical (unpaired) electrons. The molecule has 9 nitrogen and oxygen atoms in total. The molecule has 0 spiro atoms. The van der Waals surface area contributed by atoms with Gasteiger partial charge in [-0.1, -0.05) is 78.9 Å². The number of likely N-dealkylation sites (tertiary alicyclic amines) is 1. The Hall–Kier alpha value is -4.66. The molecule has 9 heteroatoms. The molecule has 5 rings (SSSR count). The number of aliphatic carboxylic acids is 1. The molecule has 3 amide bonds. The fourth-order valence-corrected chi connectivity index (χ4v) is 5.55. The molecule has 1 aliphatic carbocycles. The number of benzene rings is 3. The van der Waals surface area contributed by atoms with E-state index in [1.807, 2.05) is 66.7 Å². The number of alkyl carbamates (subject to hydrolysis) is 1. The lowest BCUT2D eigenvalue weighted by atomic mass is 9.98. The van der Waals surface area contributed by atoms with Gasteiger partial charge in [0.15, 0.2) is 0 Å². The van der Waals surface area contributed by atoms with E-state index in [0.717, 1.165) is 27.8 Å². The highest BCUT2D eigenvalue weighted by Crippen LogP contribution is 2.44. The molecule has 0 saturated carbocycles. The Kier molecular flexibility index (Phi) is 8.10. The number of ether oxygens (including phenoxy) is 1. The molecule has 1 aliphatic heterocycles. The van der Waals surface area contributed by atoms with Crippen molar-refractivity contribution in [1.29, 1.82) is 0 Å². The molecule has 0 unspecified atom stereocenters. The third-order valence-corrected chi connectivity index (χ3v) is 7.51. The maximum atomic E-state index is 13.1. The molecule has 0 bridgehead atoms. The SMILES string of the molecule is O=C(N[C@@H](Cc1ccccc1)C(=O)NCC(=O)N1CCC[C@H]1C(=O)O)OCC1c2ccccc2-c2ccccc21. The monoisotopic (exact) mass is 541 g/mol. The van der Waals surface area contributed by atoms with Crippen molar-refractivity contribution >= 4 is 23.9 Å². The van der Waals surface area contributed by atoms with Crippen molar-refractivity contribution in [2.45, 2.75) is 37.3 Å². The topological polar surface area (TPSA) is 125 Å². The first-order valence-electron chi connectivity index (χ1n) is 13.4. The van der Waals surface area contributed by atoms with Crippen molar-refractivity contribution in [3.8, 4) is 11.1 Å². The lowest BCUT2D eigenvalue weighted by molar-refractivity contribution is -0.148. The zero-order valence-corrected chi connectivity index (χ0v) is 21.9. The van der Waals surface area contributed by atoms with E-state index in [-0.39, 0.29) is 25.5 Å². The molecule has 40 heavy (non-hydrogen) atoms. The lowest BCUT2D eigenvalue weighted by Gasteiger charge is -2.23. The van der Waals surface area contributed by atoms with Crippen LogP contribution in [0.15, 0.2) is 78.9 Å². The Labute approximate surface area is 232 Å². The number of carboxylic acids is 1. The highest BCUT2D eigenvalue weighted by Gasteiger charge is 2.34. The van der Waals surface area contributed by atoms with E-state index in [0.29, 0.717) is 19.4 Å². The summed E-state index contributed by atoms with van der Waals surface area (Å²) < 4.78 is 5.63. The number of amides is 3. The van der Waals surface area contributed by atoms with Crippen LogP contribution in [0.2, 0.25) is 0 Å². The van der Waals surface area contributed by atoms with E-state index in [9.17, 15) is 24.3 Å². The molecular weight excluding hydrogens is 510 g/mol. The Morgan fingerprint density at radius 2 is 1.52 bits per heavy atom. The number of hydrogen-bond donors (Lipinski definition) is 3. The van der Waals surface area contributed by atoms with Gasteiger partial charge >= 0.3 is 12.1 Å². The number of hydrogen-bond acceptors (Lipinski definition) is 5. The van der Waals surface area contributed by atoms with Gasteiger partial charge in [-0.15, -0.1) is 0 Å². The Morgan fingerprint density at radius 3 is 2.17 bits per heavy atom. The van der Waals surface area contributed by atoms with Gasteiger partial charge in [-0.05, 0) is 40.7 Å². The molecule has 1 heterocycles. The molecule has 3 aromatic carbocycles. The average molecular weight is 542 g/mol. The number of rotatable bonds is 9. The predicted molar refractivity (Wildman–Crippen MR) is 148 cm³/mol. The van der Waals surface area contributed by atoms with Crippen molar-refractivity contribution in [1.82, 2.24) is 15.5 Å². The van der Waals surface area contributed by atoms with Crippen LogP contribution in [0.25, 0.3) is 11.1 Å². The van der Waals surface area contributed by atoms with Gasteiger partial charge in [-0.3, -0.25) is 9.59 Å². The van der Waals surface area contributed by atoms with Crippen LogP contribution in [0.3, 0.4) is 0 Å². The Morgan fingerprint density at radius 1 is 0.900 bits per heavy atom. The Balaban J connectivity index is 1.23. The van der Waals surface area contributed by atoms with Gasteiger partial charge in [-0.25, -0.2) is 9.59 Å². The van der Waals surface area contributed by atoms with Crippen molar-refractivity contribution in [2.75, 3.05) is 19.7 Å². The van der Waals surface area contributed by atoms with E-state index in [4.69, 9.17) is 4.74 Å². The maximum absolute atomic E-state index is 13.1. The van der Waals surface area contributed by atoms with Crippen LogP contribution in [-0.4, -0.2) is 65.7 Å². The molecule has 2 aliphatic rings. The van der Waals surface area contributed by atoms with Gasteiger partial charge in [0.25, 0.3) is 0 Å². The zero-order valence-electron chi connectivity index (χ0n) is 21.9. The fraction of sp³-hybridized carbons (Fsp3) is 0.290. The summed E-state index contributed by atoms with van der Waals surface area (Å²) in [7, 11) is 0. The summed E-state index contributed by atoms with van der Waals surface area (Å²) in [5, 5.41) is 14.6. The highest BCUT2D eigenvalue weighted by atomic mass is 16.5. The first-order chi connectivity index (χ1) is 19.4. The summed E-state index contributed by atoms with van der Waals surface area (Å²) in [5.41, 5.74) is 5.20. The van der Waals surface area contributed by atoms with Gasteiger partial charge in [0, 0.05) is 18.9 Å². The Bertz CT molecular complexity index is 1360. The number of carboxylic acid groups (broad SMARTS) is 1. The largest absolute Gasteiger partial charge is 0.480 e. The summed E-state index contributed by atoms with van der Waals surface area (Å²) in [5.74, 6) is -2.22. The summed E-state index contributed by atoms with van der Waals surface area (Å²) in [4.78, 5) is 51.4. The second kappa shape index (κ2) is 12.0. The predicted octanol–water partition coefficient (Wildman–Crippen LogP) is 3.33. The number of carbonyl (C=O) groups excluding carboxylic acids is 3. The van der Waals surface area contributed by atoms with Crippen LogP contribution in [0.5, 0.6) is 0 Å². The van der Waals surface area contributed by atoms with E-state index in [1.165, 1.54) is 4.90 Å². The van der Waals surface area contributed by atoms with Gasteiger partial charge < -0.3 is 25.4 Å². The summed E-state index contributed by atoms with van der Waals surface area (Å²) in [6, 6.07) is 23.4. The number of carbonyl (C=O) groups is 4. The van der Waals surface area contributed by atoms with Crippen LogP contribution in [0, 0.1) is 0 Å². The standard InChI is InChI=1S/C31H31N3O6/c35-28(34-16-8-15-27(34)30(37)38)18-32-29(36)26(17-20-9-2-1-3-10-20)33-31(39)40-19-25-23-13-6-4-11-21(23)22-12-5-7-14-24(22)25/h1-7,9-14,25-27H,8,15-19H2,(H,32,36)(H,33,39)(H,37,38)/t26-,27-/m0/s1. The lowest BCUT2D eigenvalue weighted by Crippen LogP contribution is -2.51. The van der Waals surface area contributed by atoms with Crippen molar-refractivity contribution in [3.05, 3.63) is 95.6 Å². The highest BCUT2D eigenvalue weighted by molar-refractivity contribution is 5.91. The van der Waals surface area contributed by atoms with Crippen molar-refractivity contribution in [3.63, 3.8) is 0 Å². The van der Waals surface area contributed by atoms with Crippen LogP contribution in [-0.2, 0) is 25.5 Å². The quantitative estimate of drug-likeness (QED) is 0.382. The number of nitrogens with zero attached hydrogens (tertiary/aromatic N) is 1. The van der Waals surface area contributed by atoms with E-state index < -0.39 is 36.0 Å². The van der Waals surface area contributed by atoms with Crippen molar-refractivity contribution in [2.24, 2.45) is 0 Å². The normalized spacial score (nSPS) is 16.5. The van der Waals surface area contributed by atoms with E-state index >= 15 is 0 Å². The third-order valence-electron chi connectivity index (χ3n) is 7.51. The molecule has 206 valence electrons. The minimum Gasteiger partial charge on any atom is -0.480 e. The zero-order chi connectivity index (χ0) is 28.1.